The van der Waals surface area contributed by atoms with Crippen LogP contribution in [-0.2, 0) is 24.6 Å². The Morgan fingerprint density at radius 1 is 1.10 bits per heavy atom. The Kier molecular flexibility index (Phi) is 6.52. The van der Waals surface area contributed by atoms with Crippen molar-refractivity contribution in [3.63, 3.8) is 0 Å². The van der Waals surface area contributed by atoms with Gasteiger partial charge in [0.1, 0.15) is 5.54 Å². The first kappa shape index (κ1) is 21.6. The van der Waals surface area contributed by atoms with Gasteiger partial charge in [0.15, 0.2) is 5.78 Å². The Labute approximate surface area is 176 Å². The van der Waals surface area contributed by atoms with Crippen LogP contribution in [0.3, 0.4) is 0 Å². The molecule has 1 aromatic rings. The largest absolute Gasteiger partial charge is 0.428 e. The van der Waals surface area contributed by atoms with Gasteiger partial charge in [0.2, 0.25) is 6.79 Å². The molecule has 0 saturated heterocycles. The molecule has 2 aliphatic rings. The molecule has 3 rings (SSSR count). The molecule has 1 aromatic carbocycles. The summed E-state index contributed by atoms with van der Waals surface area (Å²) in [5.41, 5.74) is -0.571. The van der Waals surface area contributed by atoms with E-state index >= 15 is 0 Å². The number of likely N-dealkylation sites (N-methyl/N-ethyl adjacent to an activating group) is 1. The molecule has 158 valence electrons. The summed E-state index contributed by atoms with van der Waals surface area (Å²) in [6.45, 7) is 1.59. The summed E-state index contributed by atoms with van der Waals surface area (Å²) in [6, 6.07) is 7.07. The Morgan fingerprint density at radius 3 is 2.45 bits per heavy atom. The summed E-state index contributed by atoms with van der Waals surface area (Å²) < 4.78 is 10.3. The van der Waals surface area contributed by atoms with Gasteiger partial charge in [-0.05, 0) is 43.6 Å². The van der Waals surface area contributed by atoms with Crippen molar-refractivity contribution in [2.75, 3.05) is 13.8 Å². The number of nitrogens with zero attached hydrogens (tertiary/aromatic N) is 1. The molecule has 7 heteroatoms. The van der Waals surface area contributed by atoms with Crippen LogP contribution in [0.1, 0.15) is 63.9 Å². The van der Waals surface area contributed by atoms with Crippen molar-refractivity contribution in [1.82, 2.24) is 4.90 Å². The van der Waals surface area contributed by atoms with Gasteiger partial charge in [-0.3, -0.25) is 14.5 Å². The summed E-state index contributed by atoms with van der Waals surface area (Å²) in [5, 5.41) is 0.433. The minimum atomic E-state index is -1.17. The van der Waals surface area contributed by atoms with Gasteiger partial charge in [0.05, 0.1) is 6.42 Å². The van der Waals surface area contributed by atoms with Crippen LogP contribution >= 0.6 is 11.6 Å². The lowest BCUT2D eigenvalue weighted by Crippen LogP contribution is -2.54. The van der Waals surface area contributed by atoms with Crippen LogP contribution in [0.25, 0.3) is 0 Å². The molecular formula is C22H28ClNO5. The molecule has 1 atom stereocenters. The molecule has 29 heavy (non-hydrogen) atoms. The number of esters is 1. The Morgan fingerprint density at radius 2 is 1.83 bits per heavy atom. The van der Waals surface area contributed by atoms with Crippen LogP contribution in [0.2, 0.25) is 5.02 Å². The highest BCUT2D eigenvalue weighted by atomic mass is 35.5. The molecule has 0 unspecified atom stereocenters. The summed E-state index contributed by atoms with van der Waals surface area (Å²) in [4.78, 5) is 39.0. The molecule has 2 saturated carbocycles. The zero-order valence-electron chi connectivity index (χ0n) is 17.0. The molecule has 0 aliphatic heterocycles. The average Bonchev–Trinajstić information content (AvgIpc) is 2.67. The molecule has 0 aromatic heterocycles. The molecule has 2 fully saturated rings. The Hall–Kier alpha value is -2.08. The van der Waals surface area contributed by atoms with Crippen molar-refractivity contribution in [2.45, 2.75) is 63.8 Å². The van der Waals surface area contributed by atoms with Gasteiger partial charge in [-0.2, -0.15) is 0 Å². The van der Waals surface area contributed by atoms with Crippen molar-refractivity contribution >= 4 is 29.4 Å². The summed E-state index contributed by atoms with van der Waals surface area (Å²) >= 11 is 6.39. The maximum Gasteiger partial charge on any atom is 0.413 e. The number of carbonyl (C=O) groups excluding carboxylic acids is 3. The van der Waals surface area contributed by atoms with E-state index in [2.05, 4.69) is 6.92 Å². The fourth-order valence-corrected chi connectivity index (χ4v) is 4.68. The number of rotatable bonds is 6. The second kappa shape index (κ2) is 8.74. The smallest absolute Gasteiger partial charge is 0.413 e. The van der Waals surface area contributed by atoms with Crippen molar-refractivity contribution < 1.29 is 23.9 Å². The van der Waals surface area contributed by atoms with Gasteiger partial charge in [0.25, 0.3) is 0 Å². The number of hydrogen-bond donors (Lipinski definition) is 0. The molecule has 0 spiro atoms. The van der Waals surface area contributed by atoms with Gasteiger partial charge in [-0.1, -0.05) is 43.1 Å². The lowest BCUT2D eigenvalue weighted by Gasteiger charge is -2.43. The molecule has 1 amide bonds. The number of benzene rings is 1. The maximum atomic E-state index is 13.0. The highest BCUT2D eigenvalue weighted by Gasteiger charge is 2.48. The van der Waals surface area contributed by atoms with E-state index in [1.165, 1.54) is 11.9 Å². The first-order valence-corrected chi connectivity index (χ1v) is 10.5. The van der Waals surface area contributed by atoms with Crippen molar-refractivity contribution in [1.29, 1.82) is 0 Å². The number of ether oxygens (including phenoxy) is 2. The third kappa shape index (κ3) is 4.42. The molecule has 0 bridgehead atoms. The normalized spacial score (nSPS) is 23.1. The van der Waals surface area contributed by atoms with E-state index in [9.17, 15) is 14.4 Å². The van der Waals surface area contributed by atoms with Crippen LogP contribution in [0.4, 0.5) is 4.79 Å². The number of halogens is 1. The van der Waals surface area contributed by atoms with E-state index in [1.54, 1.807) is 24.3 Å². The highest BCUT2D eigenvalue weighted by Crippen LogP contribution is 2.44. The van der Waals surface area contributed by atoms with Crippen molar-refractivity contribution in [2.24, 2.45) is 5.41 Å². The predicted molar refractivity (Wildman–Crippen MR) is 108 cm³/mol. The number of amides is 1. The zero-order chi connectivity index (χ0) is 21.1. The third-order valence-corrected chi connectivity index (χ3v) is 6.68. The topological polar surface area (TPSA) is 72.9 Å². The monoisotopic (exact) mass is 421 g/mol. The summed E-state index contributed by atoms with van der Waals surface area (Å²) in [7, 11) is 1.53. The molecular weight excluding hydrogens is 394 g/mol. The van der Waals surface area contributed by atoms with Crippen molar-refractivity contribution in [3.8, 4) is 0 Å². The van der Waals surface area contributed by atoms with Gasteiger partial charge in [-0.15, -0.1) is 0 Å². The quantitative estimate of drug-likeness (QED) is 0.486. The van der Waals surface area contributed by atoms with Gasteiger partial charge < -0.3 is 9.47 Å². The summed E-state index contributed by atoms with van der Waals surface area (Å²) in [5.74, 6) is -0.441. The highest BCUT2D eigenvalue weighted by molar-refractivity contribution is 6.31. The van der Waals surface area contributed by atoms with Crippen LogP contribution in [0.15, 0.2) is 24.3 Å². The number of Topliss-reactive ketones (excluding diaryl/α,β-unsaturated/α-hetero) is 1. The molecule has 2 aliphatic carbocycles. The number of hydrogen-bond acceptors (Lipinski definition) is 5. The standard InChI is InChI=1S/C22H28ClNO5/c1-21(11-7-12-21)14-19(26)28-15-29-20(27)24(2)22(13-6-5-10-18(22)25)16-8-3-4-9-17(16)23/h3-4,8-9H,5-7,10-15H2,1-2H3/t22-/m0/s1. The summed E-state index contributed by atoms with van der Waals surface area (Å²) in [6.07, 6.45) is 5.16. The van der Waals surface area contributed by atoms with Crippen LogP contribution in [-0.4, -0.2) is 36.6 Å². The Bertz CT molecular complexity index is 791. The molecule has 0 radical (unpaired) electrons. The first-order valence-electron chi connectivity index (χ1n) is 10.1. The van der Waals surface area contributed by atoms with Gasteiger partial charge in [-0.25, -0.2) is 4.79 Å². The van der Waals surface area contributed by atoms with E-state index in [-0.39, 0.29) is 17.2 Å². The number of carbonyl (C=O) groups is 3. The van der Waals surface area contributed by atoms with E-state index in [1.807, 2.05) is 0 Å². The van der Waals surface area contributed by atoms with E-state index < -0.39 is 18.4 Å². The van der Waals surface area contributed by atoms with Crippen LogP contribution < -0.4 is 0 Å². The second-order valence-corrected chi connectivity index (χ2v) is 8.82. The first-order chi connectivity index (χ1) is 13.8. The molecule has 0 N–H and O–H groups in total. The Balaban J connectivity index is 1.67. The van der Waals surface area contributed by atoms with E-state index in [0.29, 0.717) is 29.8 Å². The lowest BCUT2D eigenvalue weighted by molar-refractivity contribution is -0.157. The minimum absolute atomic E-state index is 0.000513. The molecule has 6 nitrogen and oxygen atoms in total. The fraction of sp³-hybridized carbons (Fsp3) is 0.591. The number of ketones is 1. The maximum absolute atomic E-state index is 13.0. The van der Waals surface area contributed by atoms with E-state index in [0.717, 1.165) is 32.1 Å². The third-order valence-electron chi connectivity index (χ3n) is 6.35. The van der Waals surface area contributed by atoms with Crippen LogP contribution in [0, 0.1) is 5.41 Å². The average molecular weight is 422 g/mol. The SMILES string of the molecule is CN(C(=O)OCOC(=O)CC1(C)CCC1)[C@]1(c2ccccc2Cl)CCCCC1=O. The second-order valence-electron chi connectivity index (χ2n) is 8.41. The van der Waals surface area contributed by atoms with E-state index in [4.69, 9.17) is 21.1 Å². The minimum Gasteiger partial charge on any atom is -0.428 e. The fourth-order valence-electron chi connectivity index (χ4n) is 4.38. The zero-order valence-corrected chi connectivity index (χ0v) is 17.8. The van der Waals surface area contributed by atoms with Crippen molar-refractivity contribution in [3.05, 3.63) is 34.9 Å². The van der Waals surface area contributed by atoms with Crippen LogP contribution in [0.5, 0.6) is 0 Å². The van der Waals surface area contributed by atoms with Gasteiger partial charge in [0, 0.05) is 24.1 Å². The van der Waals surface area contributed by atoms with Gasteiger partial charge >= 0.3 is 12.1 Å². The lowest BCUT2D eigenvalue weighted by atomic mass is 9.68. The molecule has 0 heterocycles. The predicted octanol–water partition coefficient (Wildman–Crippen LogP) is 4.83.